The summed E-state index contributed by atoms with van der Waals surface area (Å²) < 4.78 is 0.920. The lowest BCUT2D eigenvalue weighted by molar-refractivity contribution is 0.0988. The van der Waals surface area contributed by atoms with Crippen molar-refractivity contribution in [1.82, 2.24) is 9.97 Å². The molecule has 2 aromatic heterocycles. The first-order chi connectivity index (χ1) is 10.2. The number of hydrogen-bond acceptors (Lipinski definition) is 5. The maximum Gasteiger partial charge on any atom is 0.258 e. The van der Waals surface area contributed by atoms with E-state index < -0.39 is 0 Å². The highest BCUT2D eigenvalue weighted by molar-refractivity contribution is 7.22. The van der Waals surface area contributed by atoms with Crippen LogP contribution in [0.25, 0.3) is 10.2 Å². The molecule has 0 radical (unpaired) electrons. The molecule has 1 amide bonds. The molecule has 3 rings (SSSR count). The third-order valence-electron chi connectivity index (χ3n) is 3.19. The number of aromatic nitrogens is 2. The first-order valence-electron chi connectivity index (χ1n) is 6.57. The highest BCUT2D eigenvalue weighted by Gasteiger charge is 2.17. The summed E-state index contributed by atoms with van der Waals surface area (Å²) in [6, 6.07) is 9.11. The summed E-state index contributed by atoms with van der Waals surface area (Å²) >= 11 is 1.38. The lowest BCUT2D eigenvalue weighted by Crippen LogP contribution is -2.30. The topological polar surface area (TPSA) is 72.1 Å². The Kier molecular flexibility index (Phi) is 3.53. The molecule has 0 aliphatic carbocycles. The van der Waals surface area contributed by atoms with Crippen molar-refractivity contribution in [3.8, 4) is 0 Å². The van der Waals surface area contributed by atoms with Crippen molar-refractivity contribution < 1.29 is 4.79 Å². The Morgan fingerprint density at radius 1 is 1.29 bits per heavy atom. The van der Waals surface area contributed by atoms with Crippen LogP contribution in [-0.4, -0.2) is 22.4 Å². The second-order valence-electron chi connectivity index (χ2n) is 4.49. The summed E-state index contributed by atoms with van der Waals surface area (Å²) in [5, 5.41) is 0.510. The number of fused-ring (bicyclic) bond motifs is 1. The number of carbonyl (C=O) groups excluding carboxylic acids is 1. The molecule has 5 nitrogen and oxygen atoms in total. The van der Waals surface area contributed by atoms with Gasteiger partial charge in [-0.1, -0.05) is 11.3 Å². The van der Waals surface area contributed by atoms with Gasteiger partial charge in [-0.25, -0.2) is 4.98 Å². The van der Waals surface area contributed by atoms with E-state index in [9.17, 15) is 4.79 Å². The van der Waals surface area contributed by atoms with E-state index in [1.165, 1.54) is 11.3 Å². The third-order valence-corrected chi connectivity index (χ3v) is 4.04. The summed E-state index contributed by atoms with van der Waals surface area (Å²) in [7, 11) is 0. The zero-order valence-electron chi connectivity index (χ0n) is 11.5. The van der Waals surface area contributed by atoms with Crippen LogP contribution in [-0.2, 0) is 0 Å². The van der Waals surface area contributed by atoms with E-state index in [-0.39, 0.29) is 5.91 Å². The minimum absolute atomic E-state index is 0.0439. The van der Waals surface area contributed by atoms with Crippen LogP contribution in [0.5, 0.6) is 0 Å². The predicted octanol–water partition coefficient (Wildman–Crippen LogP) is 2.94. The summed E-state index contributed by atoms with van der Waals surface area (Å²) in [6.07, 6.45) is 3.36. The van der Waals surface area contributed by atoms with E-state index in [0.29, 0.717) is 17.2 Å². The van der Waals surface area contributed by atoms with Crippen molar-refractivity contribution >= 4 is 38.3 Å². The molecule has 0 saturated carbocycles. The van der Waals surface area contributed by atoms with E-state index >= 15 is 0 Å². The molecule has 0 spiro atoms. The fourth-order valence-corrected chi connectivity index (χ4v) is 2.97. The minimum Gasteiger partial charge on any atom is -0.375 e. The smallest absolute Gasteiger partial charge is 0.258 e. The highest BCUT2D eigenvalue weighted by Crippen LogP contribution is 2.26. The lowest BCUT2D eigenvalue weighted by atomic mass is 10.1. The Bertz CT molecular complexity index is 785. The van der Waals surface area contributed by atoms with Gasteiger partial charge in [-0.3, -0.25) is 9.78 Å². The molecule has 0 fully saturated rings. The number of hydrogen-bond donors (Lipinski definition) is 1. The molecule has 2 N–H and O–H groups in total. The quantitative estimate of drug-likeness (QED) is 0.807. The second-order valence-corrected chi connectivity index (χ2v) is 5.55. The minimum atomic E-state index is -0.0439. The number of carbonyl (C=O) groups is 1. The summed E-state index contributed by atoms with van der Waals surface area (Å²) in [4.78, 5) is 22.6. The Morgan fingerprint density at radius 3 is 2.76 bits per heavy atom. The number of nitrogen functional groups attached to an aromatic ring is 1. The monoisotopic (exact) mass is 298 g/mol. The molecule has 0 bridgehead atoms. The van der Waals surface area contributed by atoms with Crippen LogP contribution in [0.15, 0.2) is 42.7 Å². The third kappa shape index (κ3) is 2.57. The fourth-order valence-electron chi connectivity index (χ4n) is 2.20. The van der Waals surface area contributed by atoms with Crippen molar-refractivity contribution in [3.63, 3.8) is 0 Å². The number of thiazole rings is 1. The SMILES string of the molecule is CCN(C(=O)c1ccc2nc(N)sc2c1)c1ccncc1. The first kappa shape index (κ1) is 13.5. The van der Waals surface area contributed by atoms with Crippen LogP contribution in [0.2, 0.25) is 0 Å². The van der Waals surface area contributed by atoms with Crippen molar-refractivity contribution in [2.45, 2.75) is 6.92 Å². The zero-order valence-corrected chi connectivity index (χ0v) is 12.3. The Morgan fingerprint density at radius 2 is 2.05 bits per heavy atom. The van der Waals surface area contributed by atoms with Crippen LogP contribution in [0.3, 0.4) is 0 Å². The molecule has 0 saturated heterocycles. The lowest BCUT2D eigenvalue weighted by Gasteiger charge is -2.20. The number of anilines is 2. The van der Waals surface area contributed by atoms with Gasteiger partial charge in [0.05, 0.1) is 10.2 Å². The maximum absolute atomic E-state index is 12.7. The average molecular weight is 298 g/mol. The van der Waals surface area contributed by atoms with Gasteiger partial charge in [0.1, 0.15) is 0 Å². The molecule has 1 aromatic carbocycles. The van der Waals surface area contributed by atoms with Gasteiger partial charge in [0.15, 0.2) is 5.13 Å². The molecule has 0 aliphatic rings. The van der Waals surface area contributed by atoms with Gasteiger partial charge in [-0.2, -0.15) is 0 Å². The predicted molar refractivity (Wildman–Crippen MR) is 85.6 cm³/mol. The normalized spacial score (nSPS) is 10.7. The molecular weight excluding hydrogens is 284 g/mol. The molecule has 2 heterocycles. The van der Waals surface area contributed by atoms with E-state index in [0.717, 1.165) is 15.9 Å². The Hall–Kier alpha value is -2.47. The van der Waals surface area contributed by atoms with Gasteiger partial charge >= 0.3 is 0 Å². The van der Waals surface area contributed by atoms with Gasteiger partial charge < -0.3 is 10.6 Å². The van der Waals surface area contributed by atoms with Crippen molar-refractivity contribution in [1.29, 1.82) is 0 Å². The van der Waals surface area contributed by atoms with Crippen molar-refractivity contribution in [2.24, 2.45) is 0 Å². The average Bonchev–Trinajstić information content (AvgIpc) is 2.88. The molecular formula is C15H14N4OS. The van der Waals surface area contributed by atoms with E-state index in [1.54, 1.807) is 23.4 Å². The van der Waals surface area contributed by atoms with E-state index in [2.05, 4.69) is 9.97 Å². The molecule has 0 atom stereocenters. The summed E-state index contributed by atoms with van der Waals surface area (Å²) in [6.45, 7) is 2.53. The molecule has 0 unspecified atom stereocenters. The van der Waals surface area contributed by atoms with Crippen LogP contribution < -0.4 is 10.6 Å². The summed E-state index contributed by atoms with van der Waals surface area (Å²) in [5.74, 6) is -0.0439. The molecule has 6 heteroatoms. The number of benzene rings is 1. The van der Waals surface area contributed by atoms with Gasteiger partial charge in [-0.05, 0) is 37.3 Å². The Balaban J connectivity index is 1.98. The summed E-state index contributed by atoms with van der Waals surface area (Å²) in [5.41, 5.74) is 7.98. The highest BCUT2D eigenvalue weighted by atomic mass is 32.1. The number of nitrogens with two attached hydrogens (primary N) is 1. The standard InChI is InChI=1S/C15H14N4OS/c1-2-19(11-5-7-17-8-6-11)14(20)10-3-4-12-13(9-10)21-15(16)18-12/h3-9H,2H2,1H3,(H2,16,18). The van der Waals surface area contributed by atoms with E-state index in [1.807, 2.05) is 31.2 Å². The van der Waals surface area contributed by atoms with Gasteiger partial charge in [0.2, 0.25) is 0 Å². The van der Waals surface area contributed by atoms with Crippen LogP contribution >= 0.6 is 11.3 Å². The van der Waals surface area contributed by atoms with Gasteiger partial charge in [-0.15, -0.1) is 0 Å². The van der Waals surface area contributed by atoms with E-state index in [4.69, 9.17) is 5.73 Å². The van der Waals surface area contributed by atoms with Crippen molar-refractivity contribution in [2.75, 3.05) is 17.2 Å². The number of rotatable bonds is 3. The number of nitrogens with zero attached hydrogens (tertiary/aromatic N) is 3. The zero-order chi connectivity index (χ0) is 14.8. The van der Waals surface area contributed by atoms with Crippen LogP contribution in [0.1, 0.15) is 17.3 Å². The largest absolute Gasteiger partial charge is 0.375 e. The fraction of sp³-hybridized carbons (Fsp3) is 0.133. The maximum atomic E-state index is 12.7. The van der Waals surface area contributed by atoms with Gasteiger partial charge in [0, 0.05) is 30.2 Å². The first-order valence-corrected chi connectivity index (χ1v) is 7.38. The molecule has 106 valence electrons. The number of pyridine rings is 1. The Labute approximate surface area is 126 Å². The van der Waals surface area contributed by atoms with Gasteiger partial charge in [0.25, 0.3) is 5.91 Å². The molecule has 21 heavy (non-hydrogen) atoms. The molecule has 0 aliphatic heterocycles. The van der Waals surface area contributed by atoms with Crippen molar-refractivity contribution in [3.05, 3.63) is 48.3 Å². The van der Waals surface area contributed by atoms with Crippen LogP contribution in [0.4, 0.5) is 10.8 Å². The van der Waals surface area contributed by atoms with Crippen LogP contribution in [0, 0.1) is 0 Å². The number of amides is 1. The second kappa shape index (κ2) is 5.49. The molecule has 3 aromatic rings.